The summed E-state index contributed by atoms with van der Waals surface area (Å²) < 4.78 is 1.15. The van der Waals surface area contributed by atoms with E-state index in [1.807, 2.05) is 0 Å². The molecule has 2 atom stereocenters. The second kappa shape index (κ2) is 7.48. The van der Waals surface area contributed by atoms with E-state index >= 15 is 0 Å². The van der Waals surface area contributed by atoms with Gasteiger partial charge in [-0.1, -0.05) is 0 Å². The lowest BCUT2D eigenvalue weighted by Gasteiger charge is -2.21. The second-order valence-electron chi connectivity index (χ2n) is 4.27. The zero-order chi connectivity index (χ0) is 12.8. The fraction of sp³-hybridized carbons (Fsp3) is 0.667. The minimum atomic E-state index is 0.207. The fourth-order valence-electron chi connectivity index (χ4n) is 1.74. The van der Waals surface area contributed by atoms with Crippen LogP contribution >= 0.6 is 27.3 Å². The van der Waals surface area contributed by atoms with E-state index in [0.29, 0.717) is 12.6 Å². The Morgan fingerprint density at radius 3 is 2.76 bits per heavy atom. The van der Waals surface area contributed by atoms with Gasteiger partial charge in [-0.3, -0.25) is 0 Å². The number of nitrogens with two attached hydrogens (primary N) is 1. The predicted octanol–water partition coefficient (Wildman–Crippen LogP) is 2.57. The number of halogens is 1. The Balaban J connectivity index is 2.59. The van der Waals surface area contributed by atoms with Gasteiger partial charge in [0.05, 0.1) is 6.04 Å². The van der Waals surface area contributed by atoms with Gasteiger partial charge in [0.15, 0.2) is 0 Å². The molecule has 1 aromatic heterocycles. The van der Waals surface area contributed by atoms with Crippen LogP contribution in [0.25, 0.3) is 0 Å². The summed E-state index contributed by atoms with van der Waals surface area (Å²) in [6, 6.07) is 2.72. The van der Waals surface area contributed by atoms with Crippen molar-refractivity contribution in [1.29, 1.82) is 0 Å². The van der Waals surface area contributed by atoms with Crippen molar-refractivity contribution in [3.8, 4) is 0 Å². The topological polar surface area (TPSA) is 58.3 Å². The molecule has 0 aliphatic heterocycles. The van der Waals surface area contributed by atoms with Crippen LogP contribution in [0, 0.1) is 6.92 Å². The molecule has 1 heterocycles. The van der Waals surface area contributed by atoms with Crippen LogP contribution in [0.3, 0.4) is 0 Å². The highest BCUT2D eigenvalue weighted by molar-refractivity contribution is 9.10. The first kappa shape index (κ1) is 15.1. The Hall–Kier alpha value is 0.0600. The first-order valence-corrected chi connectivity index (χ1v) is 7.52. The molecular formula is C12H21BrN2OS. The van der Waals surface area contributed by atoms with Gasteiger partial charge in [0, 0.05) is 33.4 Å². The van der Waals surface area contributed by atoms with E-state index in [2.05, 4.69) is 41.2 Å². The van der Waals surface area contributed by atoms with Crippen LogP contribution in [0.1, 0.15) is 35.6 Å². The summed E-state index contributed by atoms with van der Waals surface area (Å²) in [5.41, 5.74) is 5.82. The normalized spacial score (nSPS) is 14.9. The fourth-order valence-corrected chi connectivity index (χ4v) is 3.38. The van der Waals surface area contributed by atoms with Gasteiger partial charge in [0.2, 0.25) is 0 Å². The number of aliphatic hydroxyl groups is 1. The zero-order valence-corrected chi connectivity index (χ0v) is 12.8. The summed E-state index contributed by atoms with van der Waals surface area (Å²) in [5, 5.41) is 12.3. The Bertz CT molecular complexity index is 324. The Morgan fingerprint density at radius 2 is 2.29 bits per heavy atom. The molecule has 5 heteroatoms. The highest BCUT2D eigenvalue weighted by atomic mass is 79.9. The molecule has 0 radical (unpaired) electrons. The maximum absolute atomic E-state index is 8.81. The van der Waals surface area contributed by atoms with Crippen LogP contribution in [0.5, 0.6) is 0 Å². The second-order valence-corrected chi connectivity index (χ2v) is 6.42. The largest absolute Gasteiger partial charge is 0.396 e. The average molecular weight is 321 g/mol. The molecule has 0 amide bonds. The molecule has 0 aliphatic carbocycles. The van der Waals surface area contributed by atoms with Crippen LogP contribution in [-0.2, 0) is 0 Å². The van der Waals surface area contributed by atoms with E-state index in [-0.39, 0.29) is 12.6 Å². The van der Waals surface area contributed by atoms with E-state index in [1.54, 1.807) is 11.3 Å². The summed E-state index contributed by atoms with van der Waals surface area (Å²) in [4.78, 5) is 2.55. The molecule has 98 valence electrons. The Morgan fingerprint density at radius 1 is 1.59 bits per heavy atom. The van der Waals surface area contributed by atoms with Gasteiger partial charge in [0.25, 0.3) is 0 Å². The number of aliphatic hydroxyl groups excluding tert-OH is 1. The quantitative estimate of drug-likeness (QED) is 0.723. The monoisotopic (exact) mass is 320 g/mol. The third kappa shape index (κ3) is 4.67. The average Bonchev–Trinajstić information content (AvgIpc) is 2.63. The molecule has 0 saturated heterocycles. The van der Waals surface area contributed by atoms with E-state index in [1.165, 1.54) is 9.75 Å². The molecule has 0 bridgehead atoms. The van der Waals surface area contributed by atoms with Crippen LogP contribution in [-0.4, -0.2) is 24.3 Å². The van der Waals surface area contributed by atoms with Crippen LogP contribution in [0.4, 0.5) is 0 Å². The maximum Gasteiger partial charge on any atom is 0.0541 e. The number of thiophene rings is 1. The van der Waals surface area contributed by atoms with Gasteiger partial charge >= 0.3 is 0 Å². The van der Waals surface area contributed by atoms with Crippen molar-refractivity contribution in [1.82, 2.24) is 5.32 Å². The Kier molecular flexibility index (Phi) is 6.66. The number of aryl methyl sites for hydroxylation is 1. The van der Waals surface area contributed by atoms with Gasteiger partial charge in [-0.05, 0) is 48.7 Å². The van der Waals surface area contributed by atoms with Crippen molar-refractivity contribution in [2.45, 2.75) is 38.8 Å². The predicted molar refractivity (Wildman–Crippen MR) is 77.5 cm³/mol. The first-order valence-electron chi connectivity index (χ1n) is 5.91. The van der Waals surface area contributed by atoms with E-state index in [4.69, 9.17) is 10.8 Å². The number of rotatable bonds is 7. The highest BCUT2D eigenvalue weighted by Gasteiger charge is 2.15. The van der Waals surface area contributed by atoms with Gasteiger partial charge in [-0.15, -0.1) is 11.3 Å². The smallest absolute Gasteiger partial charge is 0.0541 e. The number of nitrogens with one attached hydrogen (secondary N) is 1. The number of hydrogen-bond acceptors (Lipinski definition) is 4. The van der Waals surface area contributed by atoms with Gasteiger partial charge < -0.3 is 16.2 Å². The maximum atomic E-state index is 8.81. The molecule has 17 heavy (non-hydrogen) atoms. The van der Waals surface area contributed by atoms with E-state index in [0.717, 1.165) is 17.3 Å². The lowest BCUT2D eigenvalue weighted by molar-refractivity contribution is 0.274. The van der Waals surface area contributed by atoms with Crippen molar-refractivity contribution in [2.24, 2.45) is 5.73 Å². The SMILES string of the molecule is Cc1sc(C(CN)NC(C)CCCO)cc1Br. The number of hydrogen-bond donors (Lipinski definition) is 3. The highest BCUT2D eigenvalue weighted by Crippen LogP contribution is 2.30. The van der Waals surface area contributed by atoms with Crippen molar-refractivity contribution in [3.05, 3.63) is 20.3 Å². The summed E-state index contributed by atoms with van der Waals surface area (Å²) in [6.07, 6.45) is 1.80. The molecule has 0 aromatic carbocycles. The third-order valence-corrected chi connectivity index (χ3v) is 4.99. The molecule has 4 N–H and O–H groups in total. The Labute approximate surface area is 116 Å². The summed E-state index contributed by atoms with van der Waals surface area (Å²) in [5.74, 6) is 0. The van der Waals surface area contributed by atoms with E-state index in [9.17, 15) is 0 Å². The minimum Gasteiger partial charge on any atom is -0.396 e. The van der Waals surface area contributed by atoms with Gasteiger partial charge in [-0.25, -0.2) is 0 Å². The third-order valence-electron chi connectivity index (χ3n) is 2.74. The molecule has 1 aromatic rings. The summed E-state index contributed by atoms with van der Waals surface area (Å²) >= 11 is 5.30. The van der Waals surface area contributed by atoms with Crippen LogP contribution in [0.2, 0.25) is 0 Å². The van der Waals surface area contributed by atoms with Crippen LogP contribution in [0.15, 0.2) is 10.5 Å². The molecular weight excluding hydrogens is 300 g/mol. The molecule has 0 spiro atoms. The van der Waals surface area contributed by atoms with Crippen molar-refractivity contribution < 1.29 is 5.11 Å². The molecule has 1 rings (SSSR count). The van der Waals surface area contributed by atoms with Crippen molar-refractivity contribution in [2.75, 3.05) is 13.2 Å². The molecule has 2 unspecified atom stereocenters. The zero-order valence-electron chi connectivity index (χ0n) is 10.4. The molecule has 0 fully saturated rings. The van der Waals surface area contributed by atoms with Gasteiger partial charge in [-0.2, -0.15) is 0 Å². The minimum absolute atomic E-state index is 0.207. The van der Waals surface area contributed by atoms with Gasteiger partial charge in [0.1, 0.15) is 0 Å². The van der Waals surface area contributed by atoms with Crippen molar-refractivity contribution >= 4 is 27.3 Å². The molecule has 0 saturated carbocycles. The summed E-state index contributed by atoms with van der Waals surface area (Å²) in [7, 11) is 0. The summed E-state index contributed by atoms with van der Waals surface area (Å²) in [6.45, 7) is 5.08. The standard InChI is InChI=1S/C12H21BrN2OS/c1-8(4-3-5-16)15-11(7-14)12-6-10(13)9(2)17-12/h6,8,11,15-16H,3-5,7,14H2,1-2H3. The molecule has 3 nitrogen and oxygen atoms in total. The lowest BCUT2D eigenvalue weighted by Crippen LogP contribution is -2.34. The van der Waals surface area contributed by atoms with Crippen molar-refractivity contribution in [3.63, 3.8) is 0 Å². The molecule has 0 aliphatic rings. The lowest BCUT2D eigenvalue weighted by atomic mass is 10.1. The first-order chi connectivity index (χ1) is 8.08. The van der Waals surface area contributed by atoms with Crippen LogP contribution < -0.4 is 11.1 Å². The van der Waals surface area contributed by atoms with E-state index < -0.39 is 0 Å².